The van der Waals surface area contributed by atoms with Gasteiger partial charge in [0, 0.05) is 24.4 Å². The second-order valence-electron chi connectivity index (χ2n) is 6.77. The minimum Gasteiger partial charge on any atom is -0.341 e. The van der Waals surface area contributed by atoms with Crippen molar-refractivity contribution in [1.82, 2.24) is 4.57 Å². The Morgan fingerprint density at radius 3 is 2.67 bits per heavy atom. The van der Waals surface area contributed by atoms with Crippen LogP contribution in [0.15, 0.2) is 18.2 Å². The normalized spacial score (nSPS) is 20.0. The first-order valence-corrected chi connectivity index (χ1v) is 8.40. The van der Waals surface area contributed by atoms with E-state index in [0.717, 1.165) is 24.5 Å². The van der Waals surface area contributed by atoms with Crippen molar-refractivity contribution in [2.75, 3.05) is 0 Å². The van der Waals surface area contributed by atoms with E-state index in [9.17, 15) is 4.79 Å². The van der Waals surface area contributed by atoms with Gasteiger partial charge in [0.25, 0.3) is 0 Å². The third-order valence-corrected chi connectivity index (χ3v) is 5.50. The predicted molar refractivity (Wildman–Crippen MR) is 86.0 cm³/mol. The van der Waals surface area contributed by atoms with E-state index in [0.29, 0.717) is 12.2 Å². The summed E-state index contributed by atoms with van der Waals surface area (Å²) >= 11 is 0. The molecule has 1 saturated carbocycles. The number of carbonyl (C=O) groups is 1. The molecule has 1 aromatic heterocycles. The Balaban J connectivity index is 1.85. The third kappa shape index (κ3) is 2.04. The van der Waals surface area contributed by atoms with Crippen molar-refractivity contribution < 1.29 is 4.79 Å². The third-order valence-electron chi connectivity index (χ3n) is 5.50. The smallest absolute Gasteiger partial charge is 0.179 e. The van der Waals surface area contributed by atoms with E-state index in [1.54, 1.807) is 0 Å². The molecule has 1 heterocycles. The summed E-state index contributed by atoms with van der Waals surface area (Å²) in [6.07, 6.45) is 9.59. The van der Waals surface area contributed by atoms with Gasteiger partial charge in [-0.15, -0.1) is 0 Å². The molecule has 2 aromatic rings. The molecule has 2 aliphatic carbocycles. The first kappa shape index (κ1) is 13.1. The lowest BCUT2D eigenvalue weighted by Crippen LogP contribution is -2.13. The van der Waals surface area contributed by atoms with Crippen LogP contribution in [-0.4, -0.2) is 10.4 Å². The molecule has 0 bridgehead atoms. The van der Waals surface area contributed by atoms with Crippen molar-refractivity contribution in [1.29, 1.82) is 0 Å². The van der Waals surface area contributed by atoms with Gasteiger partial charge < -0.3 is 4.57 Å². The second kappa shape index (κ2) is 5.01. The van der Waals surface area contributed by atoms with Gasteiger partial charge in [-0.1, -0.05) is 25.3 Å². The predicted octanol–water partition coefficient (Wildman–Crippen LogP) is 4.75. The molecule has 0 unspecified atom stereocenters. The molecular weight excluding hydrogens is 258 g/mol. The quantitative estimate of drug-likeness (QED) is 0.739. The SMILES string of the molecule is Cn1c2c(c3cc(C4CCCCC4)ccc31)CCCC2=O. The molecule has 4 rings (SSSR count). The number of nitrogens with zero attached hydrogens (tertiary/aromatic N) is 1. The van der Waals surface area contributed by atoms with Crippen LogP contribution >= 0.6 is 0 Å². The highest BCUT2D eigenvalue weighted by Crippen LogP contribution is 2.37. The second-order valence-corrected chi connectivity index (χ2v) is 6.77. The van der Waals surface area contributed by atoms with Crippen LogP contribution in [0, 0.1) is 0 Å². The van der Waals surface area contributed by atoms with E-state index in [4.69, 9.17) is 0 Å². The van der Waals surface area contributed by atoms with Crippen molar-refractivity contribution in [2.45, 2.75) is 57.3 Å². The number of benzene rings is 1. The molecule has 2 aliphatic rings. The van der Waals surface area contributed by atoms with Crippen molar-refractivity contribution in [3.05, 3.63) is 35.0 Å². The van der Waals surface area contributed by atoms with E-state index in [-0.39, 0.29) is 0 Å². The molecular formula is C19H23NO. The zero-order valence-corrected chi connectivity index (χ0v) is 12.8. The summed E-state index contributed by atoms with van der Waals surface area (Å²) < 4.78 is 2.12. The van der Waals surface area contributed by atoms with Crippen LogP contribution < -0.4 is 0 Å². The number of aryl methyl sites for hydroxylation is 2. The number of carbonyl (C=O) groups excluding carboxylic acids is 1. The van der Waals surface area contributed by atoms with Crippen molar-refractivity contribution in [3.63, 3.8) is 0 Å². The molecule has 21 heavy (non-hydrogen) atoms. The standard InChI is InChI=1S/C19H23NO/c1-20-17-11-10-14(13-6-3-2-4-7-13)12-16(17)15-8-5-9-18(21)19(15)20/h10-13H,2-9H2,1H3. The molecule has 0 radical (unpaired) electrons. The van der Waals surface area contributed by atoms with E-state index < -0.39 is 0 Å². The van der Waals surface area contributed by atoms with Crippen LogP contribution in [0.2, 0.25) is 0 Å². The number of Topliss-reactive ketones (excluding diaryl/α,β-unsaturated/α-hetero) is 1. The van der Waals surface area contributed by atoms with Gasteiger partial charge in [-0.2, -0.15) is 0 Å². The Morgan fingerprint density at radius 2 is 1.86 bits per heavy atom. The Kier molecular flexibility index (Phi) is 3.13. The van der Waals surface area contributed by atoms with Crippen molar-refractivity contribution in [2.24, 2.45) is 7.05 Å². The average Bonchev–Trinajstić information content (AvgIpc) is 2.82. The van der Waals surface area contributed by atoms with E-state index in [1.807, 2.05) is 7.05 Å². The highest BCUT2D eigenvalue weighted by atomic mass is 16.1. The monoisotopic (exact) mass is 281 g/mol. The fraction of sp³-hybridized carbons (Fsp3) is 0.526. The maximum absolute atomic E-state index is 12.2. The highest BCUT2D eigenvalue weighted by molar-refractivity contribution is 6.04. The molecule has 0 aliphatic heterocycles. The Bertz CT molecular complexity index is 704. The number of ketones is 1. The van der Waals surface area contributed by atoms with Crippen molar-refractivity contribution >= 4 is 16.7 Å². The molecule has 0 spiro atoms. The summed E-state index contributed by atoms with van der Waals surface area (Å²) in [5.41, 5.74) is 5.00. The number of fused-ring (bicyclic) bond motifs is 3. The van der Waals surface area contributed by atoms with Crippen molar-refractivity contribution in [3.8, 4) is 0 Å². The summed E-state index contributed by atoms with van der Waals surface area (Å²) in [6, 6.07) is 6.93. The average molecular weight is 281 g/mol. The lowest BCUT2D eigenvalue weighted by Gasteiger charge is -2.22. The van der Waals surface area contributed by atoms with Gasteiger partial charge in [0.2, 0.25) is 0 Å². The fourth-order valence-electron chi connectivity index (χ4n) is 4.38. The van der Waals surface area contributed by atoms with Gasteiger partial charge in [-0.3, -0.25) is 4.79 Å². The maximum atomic E-state index is 12.2. The van der Waals surface area contributed by atoms with E-state index in [1.165, 1.54) is 54.1 Å². The number of aromatic nitrogens is 1. The summed E-state index contributed by atoms with van der Waals surface area (Å²) in [4.78, 5) is 12.2. The van der Waals surface area contributed by atoms with Crippen LogP contribution in [0.25, 0.3) is 10.9 Å². The first-order chi connectivity index (χ1) is 10.3. The minimum atomic E-state index is 0.328. The van der Waals surface area contributed by atoms with Crippen LogP contribution in [0.3, 0.4) is 0 Å². The Labute approximate surface area is 126 Å². The highest BCUT2D eigenvalue weighted by Gasteiger charge is 2.25. The zero-order chi connectivity index (χ0) is 14.4. The summed E-state index contributed by atoms with van der Waals surface area (Å²) in [5, 5.41) is 1.34. The van der Waals surface area contributed by atoms with Crippen LogP contribution in [0.1, 0.15) is 72.5 Å². The molecule has 2 heteroatoms. The maximum Gasteiger partial charge on any atom is 0.179 e. The van der Waals surface area contributed by atoms with Crippen LogP contribution in [-0.2, 0) is 13.5 Å². The topological polar surface area (TPSA) is 22.0 Å². The Morgan fingerprint density at radius 1 is 1.05 bits per heavy atom. The molecule has 0 N–H and O–H groups in total. The van der Waals surface area contributed by atoms with E-state index in [2.05, 4.69) is 22.8 Å². The van der Waals surface area contributed by atoms with E-state index >= 15 is 0 Å². The largest absolute Gasteiger partial charge is 0.341 e. The molecule has 2 nitrogen and oxygen atoms in total. The van der Waals surface area contributed by atoms with Gasteiger partial charge in [0.1, 0.15) is 0 Å². The van der Waals surface area contributed by atoms with Crippen LogP contribution in [0.5, 0.6) is 0 Å². The summed E-state index contributed by atoms with van der Waals surface area (Å²) in [5.74, 6) is 1.06. The van der Waals surface area contributed by atoms with Gasteiger partial charge in [0.05, 0.1) is 5.69 Å². The first-order valence-electron chi connectivity index (χ1n) is 8.40. The lowest BCUT2D eigenvalue weighted by atomic mass is 9.83. The number of rotatable bonds is 1. The molecule has 0 atom stereocenters. The molecule has 1 aromatic carbocycles. The lowest BCUT2D eigenvalue weighted by molar-refractivity contribution is 0.0965. The Hall–Kier alpha value is -1.57. The van der Waals surface area contributed by atoms with Gasteiger partial charge in [-0.25, -0.2) is 0 Å². The van der Waals surface area contributed by atoms with Gasteiger partial charge >= 0.3 is 0 Å². The zero-order valence-electron chi connectivity index (χ0n) is 12.8. The molecule has 110 valence electrons. The minimum absolute atomic E-state index is 0.328. The number of hydrogen-bond donors (Lipinski definition) is 0. The fourth-order valence-corrected chi connectivity index (χ4v) is 4.38. The summed E-state index contributed by atoms with van der Waals surface area (Å²) in [7, 11) is 2.05. The molecule has 0 amide bonds. The molecule has 1 fully saturated rings. The van der Waals surface area contributed by atoms with Gasteiger partial charge in [0.15, 0.2) is 5.78 Å². The summed E-state index contributed by atoms with van der Waals surface area (Å²) in [6.45, 7) is 0. The number of hydrogen-bond acceptors (Lipinski definition) is 1. The molecule has 0 saturated heterocycles. The van der Waals surface area contributed by atoms with Crippen LogP contribution in [0.4, 0.5) is 0 Å². The van der Waals surface area contributed by atoms with Gasteiger partial charge in [-0.05, 0) is 54.9 Å².